The molecule has 0 amide bonds. The Morgan fingerprint density at radius 3 is 2.84 bits per heavy atom. The van der Waals surface area contributed by atoms with Crippen molar-refractivity contribution in [2.45, 2.75) is 26.2 Å². The molecule has 1 aromatic heterocycles. The van der Waals surface area contributed by atoms with E-state index in [1.165, 1.54) is 25.3 Å². The zero-order valence-electron chi connectivity index (χ0n) is 11.3. The number of aryl methyl sites for hydroxylation is 1. The standard InChI is InChI=1S/C13H20N4O2/c1-11-10-15-13(9-12(11)17(18)19)14-5-8-16-6-3-2-4-7-16/h9-10H,2-8H2,1H3,(H,14,15). The number of nitro groups is 1. The molecule has 19 heavy (non-hydrogen) atoms. The molecule has 0 bridgehead atoms. The van der Waals surface area contributed by atoms with Crippen LogP contribution < -0.4 is 5.32 Å². The molecule has 1 fully saturated rings. The van der Waals surface area contributed by atoms with Gasteiger partial charge in [-0.05, 0) is 32.9 Å². The van der Waals surface area contributed by atoms with Gasteiger partial charge in [0.1, 0.15) is 5.82 Å². The lowest BCUT2D eigenvalue weighted by Gasteiger charge is -2.26. The SMILES string of the molecule is Cc1cnc(NCCN2CCCCC2)cc1[N+](=O)[O-]. The van der Waals surface area contributed by atoms with Gasteiger partial charge in [-0.15, -0.1) is 0 Å². The van der Waals surface area contributed by atoms with E-state index in [0.717, 1.165) is 26.2 Å². The fourth-order valence-electron chi connectivity index (χ4n) is 2.33. The van der Waals surface area contributed by atoms with Gasteiger partial charge in [0.2, 0.25) is 0 Å². The van der Waals surface area contributed by atoms with E-state index in [9.17, 15) is 10.1 Å². The first kappa shape index (κ1) is 13.7. The molecule has 0 unspecified atom stereocenters. The van der Waals surface area contributed by atoms with Crippen LogP contribution in [0.2, 0.25) is 0 Å². The van der Waals surface area contributed by atoms with E-state index >= 15 is 0 Å². The predicted octanol–water partition coefficient (Wildman–Crippen LogP) is 2.20. The highest BCUT2D eigenvalue weighted by molar-refractivity contribution is 5.48. The van der Waals surface area contributed by atoms with Crippen molar-refractivity contribution < 1.29 is 4.92 Å². The van der Waals surface area contributed by atoms with E-state index in [-0.39, 0.29) is 10.6 Å². The Bertz CT molecular complexity index is 444. The van der Waals surface area contributed by atoms with Gasteiger partial charge in [-0.2, -0.15) is 0 Å². The van der Waals surface area contributed by atoms with Gasteiger partial charge < -0.3 is 10.2 Å². The average Bonchev–Trinajstić information content (AvgIpc) is 2.41. The summed E-state index contributed by atoms with van der Waals surface area (Å²) in [5.41, 5.74) is 0.710. The summed E-state index contributed by atoms with van der Waals surface area (Å²) in [5, 5.41) is 14.0. The van der Waals surface area contributed by atoms with Crippen LogP contribution in [0.5, 0.6) is 0 Å². The maximum atomic E-state index is 10.8. The van der Waals surface area contributed by atoms with Crippen LogP contribution in [0.4, 0.5) is 11.5 Å². The van der Waals surface area contributed by atoms with Gasteiger partial charge in [0.05, 0.1) is 11.0 Å². The molecule has 2 rings (SSSR count). The first-order chi connectivity index (χ1) is 9.16. The van der Waals surface area contributed by atoms with Gasteiger partial charge in [-0.3, -0.25) is 10.1 Å². The lowest BCUT2D eigenvalue weighted by Crippen LogP contribution is -2.33. The number of piperidine rings is 1. The summed E-state index contributed by atoms with van der Waals surface area (Å²) >= 11 is 0. The maximum Gasteiger partial charge on any atom is 0.277 e. The third kappa shape index (κ3) is 3.89. The molecule has 6 heteroatoms. The minimum atomic E-state index is -0.368. The Balaban J connectivity index is 1.85. The highest BCUT2D eigenvalue weighted by Crippen LogP contribution is 2.19. The summed E-state index contributed by atoms with van der Waals surface area (Å²) in [7, 11) is 0. The van der Waals surface area contributed by atoms with E-state index < -0.39 is 0 Å². The molecule has 0 saturated carbocycles. The van der Waals surface area contributed by atoms with Crippen molar-refractivity contribution >= 4 is 11.5 Å². The van der Waals surface area contributed by atoms with Crippen LogP contribution >= 0.6 is 0 Å². The third-order valence-corrected chi connectivity index (χ3v) is 3.45. The summed E-state index contributed by atoms with van der Waals surface area (Å²) in [6.07, 6.45) is 5.42. The van der Waals surface area contributed by atoms with Gasteiger partial charge in [0.15, 0.2) is 0 Å². The molecule has 0 aliphatic carbocycles. The molecular formula is C13H20N4O2. The molecular weight excluding hydrogens is 244 g/mol. The van der Waals surface area contributed by atoms with Crippen molar-refractivity contribution in [3.8, 4) is 0 Å². The molecule has 104 valence electrons. The van der Waals surface area contributed by atoms with Crippen LogP contribution in [0.1, 0.15) is 24.8 Å². The van der Waals surface area contributed by atoms with Crippen LogP contribution in [-0.2, 0) is 0 Å². The Hall–Kier alpha value is -1.69. The van der Waals surface area contributed by atoms with E-state index in [0.29, 0.717) is 11.4 Å². The molecule has 1 saturated heterocycles. The molecule has 1 aliphatic rings. The zero-order valence-corrected chi connectivity index (χ0v) is 11.3. The lowest BCUT2D eigenvalue weighted by molar-refractivity contribution is -0.385. The first-order valence-corrected chi connectivity index (χ1v) is 6.74. The van der Waals surface area contributed by atoms with Crippen LogP contribution in [0.3, 0.4) is 0 Å². The second kappa shape index (κ2) is 6.47. The number of hydrogen-bond acceptors (Lipinski definition) is 5. The fourth-order valence-corrected chi connectivity index (χ4v) is 2.33. The van der Waals surface area contributed by atoms with Crippen LogP contribution in [-0.4, -0.2) is 41.0 Å². The number of likely N-dealkylation sites (tertiary alicyclic amines) is 1. The van der Waals surface area contributed by atoms with Crippen molar-refractivity contribution in [3.05, 3.63) is 27.9 Å². The summed E-state index contributed by atoms with van der Waals surface area (Å²) in [6, 6.07) is 1.51. The predicted molar refractivity (Wildman–Crippen MR) is 74.4 cm³/mol. The second-order valence-corrected chi connectivity index (χ2v) is 4.94. The Labute approximate surface area is 113 Å². The number of nitrogens with one attached hydrogen (secondary N) is 1. The number of hydrogen-bond donors (Lipinski definition) is 1. The molecule has 0 aromatic carbocycles. The molecule has 0 spiro atoms. The van der Waals surface area contributed by atoms with Crippen molar-refractivity contribution in [3.63, 3.8) is 0 Å². The molecule has 1 aromatic rings. The normalized spacial score (nSPS) is 16.3. The summed E-state index contributed by atoms with van der Waals surface area (Å²) in [4.78, 5) is 17.1. The summed E-state index contributed by atoms with van der Waals surface area (Å²) < 4.78 is 0. The maximum absolute atomic E-state index is 10.8. The van der Waals surface area contributed by atoms with Gasteiger partial charge in [-0.1, -0.05) is 6.42 Å². The monoisotopic (exact) mass is 264 g/mol. The molecule has 2 heterocycles. The molecule has 1 N–H and O–H groups in total. The second-order valence-electron chi connectivity index (χ2n) is 4.94. The first-order valence-electron chi connectivity index (χ1n) is 6.74. The van der Waals surface area contributed by atoms with E-state index in [2.05, 4.69) is 15.2 Å². The van der Waals surface area contributed by atoms with Crippen LogP contribution in [0, 0.1) is 17.0 Å². The minimum absolute atomic E-state index is 0.121. The van der Waals surface area contributed by atoms with E-state index in [1.807, 2.05) is 0 Å². The Morgan fingerprint density at radius 2 is 2.16 bits per heavy atom. The molecule has 1 aliphatic heterocycles. The van der Waals surface area contributed by atoms with Gasteiger partial charge in [0, 0.05) is 24.8 Å². The quantitative estimate of drug-likeness (QED) is 0.652. The number of aromatic nitrogens is 1. The van der Waals surface area contributed by atoms with Crippen molar-refractivity contribution in [1.29, 1.82) is 0 Å². The summed E-state index contributed by atoms with van der Waals surface area (Å²) in [5.74, 6) is 0.578. The van der Waals surface area contributed by atoms with Gasteiger partial charge in [0.25, 0.3) is 5.69 Å². The van der Waals surface area contributed by atoms with Gasteiger partial charge >= 0.3 is 0 Å². The van der Waals surface area contributed by atoms with Gasteiger partial charge in [-0.25, -0.2) is 4.98 Å². The smallest absolute Gasteiger partial charge is 0.277 e. The zero-order chi connectivity index (χ0) is 13.7. The highest BCUT2D eigenvalue weighted by atomic mass is 16.6. The van der Waals surface area contributed by atoms with E-state index in [4.69, 9.17) is 0 Å². The molecule has 0 radical (unpaired) electrons. The number of rotatable bonds is 5. The van der Waals surface area contributed by atoms with Crippen LogP contribution in [0.25, 0.3) is 0 Å². The van der Waals surface area contributed by atoms with Crippen molar-refractivity contribution in [1.82, 2.24) is 9.88 Å². The third-order valence-electron chi connectivity index (χ3n) is 3.45. The fraction of sp³-hybridized carbons (Fsp3) is 0.615. The molecule has 0 atom stereocenters. The molecule has 6 nitrogen and oxygen atoms in total. The van der Waals surface area contributed by atoms with Crippen LogP contribution in [0.15, 0.2) is 12.3 Å². The van der Waals surface area contributed by atoms with Crippen molar-refractivity contribution in [2.24, 2.45) is 0 Å². The average molecular weight is 264 g/mol. The largest absolute Gasteiger partial charge is 0.369 e. The summed E-state index contributed by atoms with van der Waals surface area (Å²) in [6.45, 7) is 5.74. The Kier molecular flexibility index (Phi) is 4.68. The van der Waals surface area contributed by atoms with E-state index in [1.54, 1.807) is 13.1 Å². The lowest BCUT2D eigenvalue weighted by atomic mass is 10.1. The number of nitrogens with zero attached hydrogens (tertiary/aromatic N) is 3. The highest BCUT2D eigenvalue weighted by Gasteiger charge is 2.12. The topological polar surface area (TPSA) is 71.3 Å². The minimum Gasteiger partial charge on any atom is -0.369 e. The van der Waals surface area contributed by atoms with Crippen molar-refractivity contribution in [2.75, 3.05) is 31.5 Å². The number of pyridine rings is 1. The Morgan fingerprint density at radius 1 is 1.42 bits per heavy atom. The number of anilines is 1.